The number of ether oxygens (including phenoxy) is 1. The second kappa shape index (κ2) is 7.22. The maximum Gasteiger partial charge on any atom is 0.317 e. The number of benzene rings is 1. The van der Waals surface area contributed by atoms with Crippen LogP contribution < -0.4 is 15.4 Å². The van der Waals surface area contributed by atoms with Crippen LogP contribution in [-0.4, -0.2) is 67.2 Å². The molecule has 6 nitrogen and oxygen atoms in total. The minimum Gasteiger partial charge on any atom is -0.486 e. The van der Waals surface area contributed by atoms with Crippen LogP contribution in [0.4, 0.5) is 4.79 Å². The minimum atomic E-state index is 0.0499. The van der Waals surface area contributed by atoms with E-state index in [4.69, 9.17) is 4.74 Å². The number of fused-ring (bicyclic) bond motifs is 2. The van der Waals surface area contributed by atoms with Crippen LogP contribution in [0.5, 0.6) is 5.75 Å². The molecule has 3 aliphatic rings. The lowest BCUT2D eigenvalue weighted by atomic mass is 9.94. The van der Waals surface area contributed by atoms with Crippen molar-refractivity contribution < 1.29 is 9.53 Å². The molecule has 0 radical (unpaired) electrons. The Hall–Kier alpha value is -1.79. The van der Waals surface area contributed by atoms with Crippen LogP contribution in [0.2, 0.25) is 0 Å². The summed E-state index contributed by atoms with van der Waals surface area (Å²) in [6.07, 6.45) is 3.58. The first-order valence-corrected chi connectivity index (χ1v) is 9.46. The van der Waals surface area contributed by atoms with E-state index in [0.29, 0.717) is 0 Å². The highest BCUT2D eigenvalue weighted by Gasteiger charge is 2.42. The number of amides is 2. The molecule has 2 amide bonds. The van der Waals surface area contributed by atoms with Crippen molar-refractivity contribution in [2.24, 2.45) is 0 Å². The Labute approximate surface area is 149 Å². The monoisotopic (exact) mass is 344 g/mol. The number of hydrogen-bond acceptors (Lipinski definition) is 4. The fourth-order valence-corrected chi connectivity index (χ4v) is 4.18. The first-order valence-electron chi connectivity index (χ1n) is 9.46. The molecule has 0 aliphatic carbocycles. The Kier molecular flexibility index (Phi) is 4.81. The van der Waals surface area contributed by atoms with Crippen LogP contribution in [0.15, 0.2) is 24.3 Å². The van der Waals surface area contributed by atoms with E-state index in [9.17, 15) is 4.79 Å². The van der Waals surface area contributed by atoms with Crippen molar-refractivity contribution in [3.63, 3.8) is 0 Å². The predicted molar refractivity (Wildman–Crippen MR) is 96.8 cm³/mol. The largest absolute Gasteiger partial charge is 0.486 e. The molecule has 1 aromatic rings. The molecular weight excluding hydrogens is 316 g/mol. The summed E-state index contributed by atoms with van der Waals surface area (Å²) in [5.41, 5.74) is 1.29. The zero-order valence-corrected chi connectivity index (χ0v) is 14.8. The van der Waals surface area contributed by atoms with Crippen molar-refractivity contribution in [2.45, 2.75) is 31.4 Å². The Bertz CT molecular complexity index is 602. The molecule has 3 aliphatic heterocycles. The van der Waals surface area contributed by atoms with Crippen molar-refractivity contribution in [3.05, 3.63) is 29.8 Å². The molecule has 2 atom stereocenters. The molecule has 2 bridgehead atoms. The second-order valence-electron chi connectivity index (χ2n) is 7.45. The SMILES string of the molecule is O=C1NCCN1CCNCc1ccc(O[C@]23CCCN(CC2)C3)cc1. The summed E-state index contributed by atoms with van der Waals surface area (Å²) < 4.78 is 6.38. The van der Waals surface area contributed by atoms with Gasteiger partial charge >= 0.3 is 6.03 Å². The van der Waals surface area contributed by atoms with Gasteiger partial charge in [-0.15, -0.1) is 0 Å². The lowest BCUT2D eigenvalue weighted by molar-refractivity contribution is 0.0453. The van der Waals surface area contributed by atoms with Gasteiger partial charge < -0.3 is 20.3 Å². The second-order valence-corrected chi connectivity index (χ2v) is 7.45. The fourth-order valence-electron chi connectivity index (χ4n) is 4.18. The van der Waals surface area contributed by atoms with Crippen LogP contribution >= 0.6 is 0 Å². The van der Waals surface area contributed by atoms with Crippen molar-refractivity contribution >= 4 is 6.03 Å². The highest BCUT2D eigenvalue weighted by atomic mass is 16.5. The van der Waals surface area contributed by atoms with Gasteiger partial charge in [0.1, 0.15) is 11.4 Å². The first kappa shape index (κ1) is 16.7. The van der Waals surface area contributed by atoms with Crippen LogP contribution in [0, 0.1) is 0 Å². The van der Waals surface area contributed by atoms with Crippen molar-refractivity contribution in [3.8, 4) is 5.75 Å². The van der Waals surface area contributed by atoms with Gasteiger partial charge in [-0.2, -0.15) is 0 Å². The van der Waals surface area contributed by atoms with Gasteiger partial charge in [0.2, 0.25) is 0 Å². The number of nitrogens with one attached hydrogen (secondary N) is 2. The molecule has 136 valence electrons. The zero-order valence-electron chi connectivity index (χ0n) is 14.8. The van der Waals surface area contributed by atoms with Gasteiger partial charge in [0, 0.05) is 52.2 Å². The highest BCUT2D eigenvalue weighted by molar-refractivity contribution is 5.76. The molecule has 3 fully saturated rings. The Morgan fingerprint density at radius 1 is 1.16 bits per heavy atom. The van der Waals surface area contributed by atoms with Crippen molar-refractivity contribution in [1.82, 2.24) is 20.4 Å². The van der Waals surface area contributed by atoms with Crippen LogP contribution in [0.1, 0.15) is 24.8 Å². The number of nitrogens with zero attached hydrogens (tertiary/aromatic N) is 2. The predicted octanol–water partition coefficient (Wildman–Crippen LogP) is 1.42. The summed E-state index contributed by atoms with van der Waals surface area (Å²) in [5, 5.41) is 6.23. The van der Waals surface area contributed by atoms with Crippen LogP contribution in [0.3, 0.4) is 0 Å². The topological polar surface area (TPSA) is 56.8 Å². The fraction of sp³-hybridized carbons (Fsp3) is 0.632. The summed E-state index contributed by atoms with van der Waals surface area (Å²) in [7, 11) is 0. The zero-order chi connectivity index (χ0) is 17.1. The summed E-state index contributed by atoms with van der Waals surface area (Å²) in [5.74, 6) is 0.987. The van der Waals surface area contributed by atoms with E-state index in [1.54, 1.807) is 0 Å². The maximum absolute atomic E-state index is 11.5. The third-order valence-electron chi connectivity index (χ3n) is 5.59. The molecular formula is C19H28N4O2. The van der Waals surface area contributed by atoms with E-state index in [-0.39, 0.29) is 11.6 Å². The van der Waals surface area contributed by atoms with Crippen LogP contribution in [-0.2, 0) is 6.54 Å². The standard InChI is InChI=1S/C19H28N4O2/c24-18-21-9-13-23(18)12-8-20-14-16-2-4-17(5-3-16)25-19-6-1-10-22(15-19)11-7-19/h2-5,20H,1,6-15H2,(H,21,24)/t19-/m1/s1. The normalized spacial score (nSPS) is 28.2. The highest BCUT2D eigenvalue weighted by Crippen LogP contribution is 2.35. The number of piperidine rings is 1. The molecule has 1 aromatic carbocycles. The van der Waals surface area contributed by atoms with Gasteiger partial charge in [0.05, 0.1) is 0 Å². The van der Waals surface area contributed by atoms with Crippen molar-refractivity contribution in [2.75, 3.05) is 45.8 Å². The van der Waals surface area contributed by atoms with E-state index in [0.717, 1.165) is 51.4 Å². The van der Waals surface area contributed by atoms with Crippen LogP contribution in [0.25, 0.3) is 0 Å². The van der Waals surface area contributed by atoms with Gasteiger partial charge in [0.25, 0.3) is 0 Å². The van der Waals surface area contributed by atoms with Gasteiger partial charge in [-0.1, -0.05) is 12.1 Å². The van der Waals surface area contributed by atoms with Crippen molar-refractivity contribution in [1.29, 1.82) is 0 Å². The summed E-state index contributed by atoms with van der Waals surface area (Å²) in [4.78, 5) is 15.8. The average Bonchev–Trinajstić information content (AvgIpc) is 3.16. The molecule has 2 N–H and O–H groups in total. The molecule has 1 unspecified atom stereocenters. The molecule has 0 saturated carbocycles. The van der Waals surface area contributed by atoms with E-state index in [1.807, 2.05) is 4.90 Å². The van der Waals surface area contributed by atoms with Gasteiger partial charge in [-0.3, -0.25) is 4.90 Å². The third kappa shape index (κ3) is 3.90. The van der Waals surface area contributed by atoms with E-state index >= 15 is 0 Å². The third-order valence-corrected chi connectivity index (χ3v) is 5.59. The number of rotatable bonds is 7. The van der Waals surface area contributed by atoms with Gasteiger partial charge in [0.15, 0.2) is 0 Å². The Balaban J connectivity index is 1.22. The molecule has 6 heteroatoms. The smallest absolute Gasteiger partial charge is 0.317 e. The minimum absolute atomic E-state index is 0.0499. The quantitative estimate of drug-likeness (QED) is 0.735. The summed E-state index contributed by atoms with van der Waals surface area (Å²) in [6.45, 7) is 7.45. The molecule has 3 saturated heterocycles. The molecule has 0 spiro atoms. The van der Waals surface area contributed by atoms with E-state index < -0.39 is 0 Å². The van der Waals surface area contributed by atoms with Gasteiger partial charge in [-0.25, -0.2) is 4.79 Å². The maximum atomic E-state index is 11.5. The molecule has 4 rings (SSSR count). The lowest BCUT2D eigenvalue weighted by Crippen LogP contribution is -2.43. The lowest BCUT2D eigenvalue weighted by Gasteiger charge is -2.34. The Morgan fingerprint density at radius 2 is 2.04 bits per heavy atom. The van der Waals surface area contributed by atoms with Gasteiger partial charge in [-0.05, 0) is 37.1 Å². The number of hydrogen-bond donors (Lipinski definition) is 2. The number of carbonyl (C=O) groups is 1. The summed E-state index contributed by atoms with van der Waals surface area (Å²) >= 11 is 0. The average molecular weight is 344 g/mol. The molecule has 0 aromatic heterocycles. The first-order chi connectivity index (χ1) is 12.2. The molecule has 3 heterocycles. The van der Waals surface area contributed by atoms with E-state index in [1.165, 1.54) is 31.5 Å². The number of urea groups is 1. The number of carbonyl (C=O) groups excluding carboxylic acids is 1. The Morgan fingerprint density at radius 3 is 2.84 bits per heavy atom. The summed E-state index contributed by atoms with van der Waals surface area (Å²) in [6, 6.07) is 8.51. The van der Waals surface area contributed by atoms with E-state index in [2.05, 4.69) is 39.8 Å². The molecule has 25 heavy (non-hydrogen) atoms.